The Labute approximate surface area is 131 Å². The Morgan fingerprint density at radius 3 is 2.62 bits per heavy atom. The van der Waals surface area contributed by atoms with Gasteiger partial charge in [0.05, 0.1) is 0 Å². The molecule has 0 saturated heterocycles. The van der Waals surface area contributed by atoms with E-state index in [4.69, 9.17) is 0 Å². The van der Waals surface area contributed by atoms with Crippen molar-refractivity contribution in [1.29, 1.82) is 0 Å². The maximum absolute atomic E-state index is 2.69. The first kappa shape index (κ1) is 14.3. The van der Waals surface area contributed by atoms with Crippen molar-refractivity contribution in [2.45, 2.75) is 79.1 Å². The SMILES string of the molecule is CC1=CC[C@H]2[C@@H]3CC[C@H]4CC(C)CC[C@]4(C)[C@H]3CC[C@]12C. The van der Waals surface area contributed by atoms with E-state index < -0.39 is 0 Å². The smallest absolute Gasteiger partial charge is 0.00851 e. The van der Waals surface area contributed by atoms with E-state index in [-0.39, 0.29) is 0 Å². The van der Waals surface area contributed by atoms with Crippen molar-refractivity contribution in [1.82, 2.24) is 0 Å². The third-order valence-corrected chi connectivity index (χ3v) is 8.90. The van der Waals surface area contributed by atoms with Gasteiger partial charge in [-0.05, 0) is 92.3 Å². The predicted octanol–water partition coefficient (Wildman–Crippen LogP) is 6.22. The summed E-state index contributed by atoms with van der Waals surface area (Å²) in [5.74, 6) is 5.09. The summed E-state index contributed by atoms with van der Waals surface area (Å²) < 4.78 is 0. The van der Waals surface area contributed by atoms with Crippen molar-refractivity contribution in [3.63, 3.8) is 0 Å². The molecule has 0 heterocycles. The Morgan fingerprint density at radius 2 is 1.81 bits per heavy atom. The average Bonchev–Trinajstić information content (AvgIpc) is 2.76. The normalized spacial score (nSPS) is 56.2. The van der Waals surface area contributed by atoms with Crippen molar-refractivity contribution >= 4 is 0 Å². The van der Waals surface area contributed by atoms with Gasteiger partial charge >= 0.3 is 0 Å². The average molecular weight is 287 g/mol. The van der Waals surface area contributed by atoms with Gasteiger partial charge in [0, 0.05) is 0 Å². The highest BCUT2D eigenvalue weighted by atomic mass is 14.6. The molecular formula is C21H34. The Bertz CT molecular complexity index is 461. The van der Waals surface area contributed by atoms with Crippen LogP contribution in [0.25, 0.3) is 0 Å². The van der Waals surface area contributed by atoms with Crippen LogP contribution in [-0.4, -0.2) is 0 Å². The van der Waals surface area contributed by atoms with Gasteiger partial charge in [0.1, 0.15) is 0 Å². The Hall–Kier alpha value is -0.260. The van der Waals surface area contributed by atoms with Crippen LogP contribution in [0.3, 0.4) is 0 Å². The molecule has 4 aliphatic carbocycles. The fourth-order valence-corrected chi connectivity index (χ4v) is 7.25. The van der Waals surface area contributed by atoms with E-state index in [1.54, 1.807) is 12.0 Å². The zero-order chi connectivity index (χ0) is 14.8. The number of allylic oxidation sites excluding steroid dienone is 2. The first-order chi connectivity index (χ1) is 9.95. The summed E-state index contributed by atoms with van der Waals surface area (Å²) in [6.45, 7) is 10.2. The molecule has 0 bridgehead atoms. The van der Waals surface area contributed by atoms with Crippen LogP contribution in [0.5, 0.6) is 0 Å². The lowest BCUT2D eigenvalue weighted by Crippen LogP contribution is -2.52. The fraction of sp³-hybridized carbons (Fsp3) is 0.905. The highest BCUT2D eigenvalue weighted by Crippen LogP contribution is 2.66. The van der Waals surface area contributed by atoms with Crippen molar-refractivity contribution < 1.29 is 0 Å². The van der Waals surface area contributed by atoms with Crippen molar-refractivity contribution in [2.24, 2.45) is 40.4 Å². The van der Waals surface area contributed by atoms with E-state index >= 15 is 0 Å². The van der Waals surface area contributed by atoms with E-state index in [0.29, 0.717) is 10.8 Å². The number of hydrogen-bond acceptors (Lipinski definition) is 0. The maximum Gasteiger partial charge on any atom is -0.00851 e. The third kappa shape index (κ3) is 1.86. The molecule has 0 aliphatic heterocycles. The molecule has 4 rings (SSSR count). The van der Waals surface area contributed by atoms with Crippen LogP contribution in [0.1, 0.15) is 79.1 Å². The minimum Gasteiger partial charge on any atom is -0.0847 e. The Kier molecular flexibility index (Phi) is 3.15. The maximum atomic E-state index is 2.69. The van der Waals surface area contributed by atoms with Crippen LogP contribution in [0.2, 0.25) is 0 Å². The Balaban J connectivity index is 1.63. The van der Waals surface area contributed by atoms with Crippen LogP contribution >= 0.6 is 0 Å². The van der Waals surface area contributed by atoms with Crippen LogP contribution < -0.4 is 0 Å². The molecule has 3 saturated carbocycles. The molecule has 7 atom stereocenters. The summed E-state index contributed by atoms with van der Waals surface area (Å²) >= 11 is 0. The van der Waals surface area contributed by atoms with Gasteiger partial charge < -0.3 is 0 Å². The predicted molar refractivity (Wildman–Crippen MR) is 90.0 cm³/mol. The second-order valence-corrected chi connectivity index (χ2v) is 9.62. The molecule has 3 fully saturated rings. The minimum atomic E-state index is 0.562. The number of hydrogen-bond donors (Lipinski definition) is 0. The van der Waals surface area contributed by atoms with E-state index in [1.165, 1.54) is 44.9 Å². The van der Waals surface area contributed by atoms with Gasteiger partial charge in [-0.15, -0.1) is 0 Å². The lowest BCUT2D eigenvalue weighted by atomic mass is 9.44. The molecule has 4 aliphatic rings. The molecule has 0 heteroatoms. The first-order valence-electron chi connectivity index (χ1n) is 9.62. The van der Waals surface area contributed by atoms with Crippen molar-refractivity contribution in [2.75, 3.05) is 0 Å². The molecule has 0 radical (unpaired) electrons. The van der Waals surface area contributed by atoms with Crippen LogP contribution in [0.4, 0.5) is 0 Å². The van der Waals surface area contributed by atoms with Crippen molar-refractivity contribution in [3.05, 3.63) is 11.6 Å². The molecule has 0 aromatic carbocycles. The summed E-state index contributed by atoms with van der Waals surface area (Å²) in [5, 5.41) is 0. The Morgan fingerprint density at radius 1 is 1.00 bits per heavy atom. The van der Waals surface area contributed by atoms with Crippen LogP contribution in [0, 0.1) is 40.4 Å². The summed E-state index contributed by atoms with van der Waals surface area (Å²) in [5.41, 5.74) is 2.97. The van der Waals surface area contributed by atoms with Gasteiger partial charge in [0.15, 0.2) is 0 Å². The summed E-state index contributed by atoms with van der Waals surface area (Å²) in [6.07, 6.45) is 14.6. The lowest BCUT2D eigenvalue weighted by Gasteiger charge is -2.61. The lowest BCUT2D eigenvalue weighted by molar-refractivity contribution is -0.106. The van der Waals surface area contributed by atoms with E-state index in [2.05, 4.69) is 33.8 Å². The molecule has 1 unspecified atom stereocenters. The third-order valence-electron chi connectivity index (χ3n) is 8.90. The van der Waals surface area contributed by atoms with Gasteiger partial charge in [0.2, 0.25) is 0 Å². The largest absolute Gasteiger partial charge is 0.0847 e. The molecular weight excluding hydrogens is 252 g/mol. The molecule has 0 nitrogen and oxygen atoms in total. The summed E-state index contributed by atoms with van der Waals surface area (Å²) in [6, 6.07) is 0. The second kappa shape index (κ2) is 4.62. The molecule has 0 aromatic heterocycles. The van der Waals surface area contributed by atoms with E-state index in [1.807, 2.05) is 0 Å². The van der Waals surface area contributed by atoms with Gasteiger partial charge in [0.25, 0.3) is 0 Å². The van der Waals surface area contributed by atoms with Gasteiger partial charge in [-0.25, -0.2) is 0 Å². The number of rotatable bonds is 0. The first-order valence-corrected chi connectivity index (χ1v) is 9.62. The zero-order valence-corrected chi connectivity index (χ0v) is 14.6. The number of fused-ring (bicyclic) bond motifs is 5. The molecule has 0 aromatic rings. The minimum absolute atomic E-state index is 0.562. The topological polar surface area (TPSA) is 0 Å². The molecule has 0 N–H and O–H groups in total. The standard InChI is InChI=1S/C21H34/c1-14-9-11-21(4)16(13-14)6-7-17-18-8-5-15(2)20(18,3)12-10-19(17)21/h5,14,16-19H,6-13H2,1-4H3/t14?,16-,17-,18-,19-,20+,21-/m0/s1. The van der Waals surface area contributed by atoms with Crippen molar-refractivity contribution in [3.8, 4) is 0 Å². The van der Waals surface area contributed by atoms with Crippen LogP contribution in [0.15, 0.2) is 11.6 Å². The zero-order valence-electron chi connectivity index (χ0n) is 14.6. The second-order valence-electron chi connectivity index (χ2n) is 9.62. The molecule has 0 amide bonds. The molecule has 21 heavy (non-hydrogen) atoms. The van der Waals surface area contributed by atoms with E-state index in [9.17, 15) is 0 Å². The highest BCUT2D eigenvalue weighted by Gasteiger charge is 2.57. The van der Waals surface area contributed by atoms with Gasteiger partial charge in [-0.3, -0.25) is 0 Å². The van der Waals surface area contributed by atoms with Gasteiger partial charge in [-0.1, -0.05) is 38.8 Å². The fourth-order valence-electron chi connectivity index (χ4n) is 7.25. The molecule has 0 spiro atoms. The summed E-state index contributed by atoms with van der Waals surface area (Å²) in [4.78, 5) is 0. The monoisotopic (exact) mass is 286 g/mol. The van der Waals surface area contributed by atoms with Gasteiger partial charge in [-0.2, -0.15) is 0 Å². The van der Waals surface area contributed by atoms with Crippen LogP contribution in [-0.2, 0) is 0 Å². The summed E-state index contributed by atoms with van der Waals surface area (Å²) in [7, 11) is 0. The quantitative estimate of drug-likeness (QED) is 0.464. The van der Waals surface area contributed by atoms with E-state index in [0.717, 1.165) is 29.6 Å². The molecule has 118 valence electrons. The highest BCUT2D eigenvalue weighted by molar-refractivity contribution is 5.23.